The van der Waals surface area contributed by atoms with E-state index in [4.69, 9.17) is 11.5 Å². The number of phenols is 1. The molecule has 2 rings (SSSR count). The van der Waals surface area contributed by atoms with Crippen molar-refractivity contribution >= 4 is 23.8 Å². The molecule has 0 radical (unpaired) electrons. The van der Waals surface area contributed by atoms with E-state index in [0.717, 1.165) is 0 Å². The van der Waals surface area contributed by atoms with Crippen molar-refractivity contribution in [2.45, 2.75) is 0 Å². The smallest absolute Gasteiger partial charge is 0.247 e. The standard InChI is InChI=1S/C11H12N6O/c12-9-5-10(13)16-11(15-9)17-14-6-7-3-1-2-4-8(7)18/h1-6,18H,(H5,12,13,15,16,17)/b14-6+. The Morgan fingerprint density at radius 1 is 1.17 bits per heavy atom. The number of hydrogen-bond acceptors (Lipinski definition) is 7. The fraction of sp³-hybridized carbons (Fsp3) is 0. The fourth-order valence-corrected chi connectivity index (χ4v) is 1.29. The van der Waals surface area contributed by atoms with Gasteiger partial charge in [0.2, 0.25) is 5.95 Å². The maximum Gasteiger partial charge on any atom is 0.247 e. The van der Waals surface area contributed by atoms with Crippen LogP contribution in [0.1, 0.15) is 5.56 Å². The molecule has 1 aromatic carbocycles. The Labute approximate surface area is 103 Å². The van der Waals surface area contributed by atoms with Gasteiger partial charge in [0.1, 0.15) is 17.4 Å². The van der Waals surface area contributed by atoms with Gasteiger partial charge in [-0.15, -0.1) is 0 Å². The number of rotatable bonds is 3. The number of para-hydroxylation sites is 1. The zero-order valence-corrected chi connectivity index (χ0v) is 9.41. The fourth-order valence-electron chi connectivity index (χ4n) is 1.29. The minimum atomic E-state index is 0.135. The molecule has 0 fully saturated rings. The van der Waals surface area contributed by atoms with E-state index in [0.29, 0.717) is 5.56 Å². The van der Waals surface area contributed by atoms with Gasteiger partial charge in [-0.2, -0.15) is 15.1 Å². The minimum Gasteiger partial charge on any atom is -0.507 e. The number of hydrogen-bond donors (Lipinski definition) is 4. The number of anilines is 3. The lowest BCUT2D eigenvalue weighted by molar-refractivity contribution is 0.474. The van der Waals surface area contributed by atoms with Gasteiger partial charge >= 0.3 is 0 Å². The second kappa shape index (κ2) is 5.00. The maximum atomic E-state index is 9.51. The van der Waals surface area contributed by atoms with Crippen LogP contribution < -0.4 is 16.9 Å². The number of nitrogen functional groups attached to an aromatic ring is 2. The maximum absolute atomic E-state index is 9.51. The summed E-state index contributed by atoms with van der Waals surface area (Å²) in [6.45, 7) is 0. The molecule has 0 saturated carbocycles. The van der Waals surface area contributed by atoms with Gasteiger partial charge in [0.25, 0.3) is 0 Å². The summed E-state index contributed by atoms with van der Waals surface area (Å²) >= 11 is 0. The lowest BCUT2D eigenvalue weighted by atomic mass is 10.2. The summed E-state index contributed by atoms with van der Waals surface area (Å²) in [6, 6.07) is 8.24. The van der Waals surface area contributed by atoms with Gasteiger partial charge in [0.15, 0.2) is 0 Å². The molecular formula is C11H12N6O. The highest BCUT2D eigenvalue weighted by atomic mass is 16.3. The van der Waals surface area contributed by atoms with E-state index >= 15 is 0 Å². The molecule has 0 saturated heterocycles. The third-order valence-corrected chi connectivity index (χ3v) is 2.07. The van der Waals surface area contributed by atoms with Crippen LogP contribution in [0.25, 0.3) is 0 Å². The summed E-state index contributed by atoms with van der Waals surface area (Å²) in [5.41, 5.74) is 14.2. The molecule has 6 N–H and O–H groups in total. The van der Waals surface area contributed by atoms with Gasteiger partial charge in [-0.3, -0.25) is 0 Å². The molecule has 0 bridgehead atoms. The summed E-state index contributed by atoms with van der Waals surface area (Å²) in [5, 5.41) is 13.4. The molecule has 0 spiro atoms. The van der Waals surface area contributed by atoms with Crippen molar-refractivity contribution in [1.29, 1.82) is 0 Å². The predicted molar refractivity (Wildman–Crippen MR) is 70.2 cm³/mol. The first kappa shape index (κ1) is 11.6. The third kappa shape index (κ3) is 2.85. The van der Waals surface area contributed by atoms with Gasteiger partial charge in [-0.1, -0.05) is 12.1 Å². The van der Waals surface area contributed by atoms with Crippen molar-refractivity contribution < 1.29 is 5.11 Å². The first-order chi connectivity index (χ1) is 8.65. The summed E-state index contributed by atoms with van der Waals surface area (Å²) in [7, 11) is 0. The predicted octanol–water partition coefficient (Wildman–Crippen LogP) is 0.793. The first-order valence-electron chi connectivity index (χ1n) is 5.12. The van der Waals surface area contributed by atoms with E-state index < -0.39 is 0 Å². The number of aromatic nitrogens is 2. The number of nitrogens with one attached hydrogen (secondary N) is 1. The Morgan fingerprint density at radius 2 is 1.83 bits per heavy atom. The van der Waals surface area contributed by atoms with Gasteiger partial charge < -0.3 is 16.6 Å². The Balaban J connectivity index is 2.10. The van der Waals surface area contributed by atoms with Gasteiger partial charge in [-0.05, 0) is 12.1 Å². The SMILES string of the molecule is Nc1cc(N)nc(N/N=C/c2ccccc2O)n1. The molecule has 1 aromatic heterocycles. The van der Waals surface area contributed by atoms with Crippen molar-refractivity contribution in [3.8, 4) is 5.75 Å². The molecule has 0 amide bonds. The highest BCUT2D eigenvalue weighted by Crippen LogP contribution is 2.13. The van der Waals surface area contributed by atoms with Crippen LogP contribution >= 0.6 is 0 Å². The molecule has 7 nitrogen and oxygen atoms in total. The van der Waals surface area contributed by atoms with Crippen molar-refractivity contribution in [3.63, 3.8) is 0 Å². The Bertz CT molecular complexity index is 563. The zero-order chi connectivity index (χ0) is 13.0. The normalized spacial score (nSPS) is 10.7. The molecule has 18 heavy (non-hydrogen) atoms. The number of phenolic OH excluding ortho intramolecular Hbond substituents is 1. The van der Waals surface area contributed by atoms with E-state index in [9.17, 15) is 5.11 Å². The summed E-state index contributed by atoms with van der Waals surface area (Å²) in [6.07, 6.45) is 1.44. The van der Waals surface area contributed by atoms with E-state index in [-0.39, 0.29) is 23.3 Å². The van der Waals surface area contributed by atoms with E-state index in [1.807, 2.05) is 0 Å². The summed E-state index contributed by atoms with van der Waals surface area (Å²) in [4.78, 5) is 7.77. The molecule has 1 heterocycles. The van der Waals surface area contributed by atoms with Crippen molar-refractivity contribution in [2.75, 3.05) is 16.9 Å². The monoisotopic (exact) mass is 244 g/mol. The largest absolute Gasteiger partial charge is 0.507 e. The highest BCUT2D eigenvalue weighted by Gasteiger charge is 1.98. The van der Waals surface area contributed by atoms with Crippen LogP contribution in [0.5, 0.6) is 5.75 Å². The Kier molecular flexibility index (Phi) is 3.24. The average Bonchev–Trinajstić information content (AvgIpc) is 2.30. The van der Waals surface area contributed by atoms with E-state index in [1.165, 1.54) is 12.3 Å². The van der Waals surface area contributed by atoms with Crippen molar-refractivity contribution in [2.24, 2.45) is 5.10 Å². The van der Waals surface area contributed by atoms with E-state index in [1.54, 1.807) is 24.3 Å². The van der Waals surface area contributed by atoms with Crippen LogP contribution in [0.4, 0.5) is 17.6 Å². The minimum absolute atomic E-state index is 0.135. The summed E-state index contributed by atoms with van der Waals surface area (Å²) < 4.78 is 0. The van der Waals surface area contributed by atoms with Crippen LogP contribution in [0.2, 0.25) is 0 Å². The van der Waals surface area contributed by atoms with Crippen LogP contribution in [-0.2, 0) is 0 Å². The molecule has 7 heteroatoms. The lowest BCUT2D eigenvalue weighted by Gasteiger charge is -2.01. The molecule has 92 valence electrons. The lowest BCUT2D eigenvalue weighted by Crippen LogP contribution is -2.03. The molecule has 0 atom stereocenters. The number of nitrogens with zero attached hydrogens (tertiary/aromatic N) is 3. The Hall–Kier alpha value is -2.83. The van der Waals surface area contributed by atoms with Crippen LogP contribution in [-0.4, -0.2) is 21.3 Å². The highest BCUT2D eigenvalue weighted by molar-refractivity contribution is 5.83. The van der Waals surface area contributed by atoms with Crippen LogP contribution in [0.15, 0.2) is 35.4 Å². The molecule has 2 aromatic rings. The quantitative estimate of drug-likeness (QED) is 0.467. The second-order valence-electron chi connectivity index (χ2n) is 3.47. The number of benzene rings is 1. The topological polar surface area (TPSA) is 122 Å². The first-order valence-corrected chi connectivity index (χ1v) is 5.12. The van der Waals surface area contributed by atoms with Gasteiger partial charge in [0.05, 0.1) is 6.21 Å². The molecule has 0 unspecified atom stereocenters. The molecule has 0 aliphatic carbocycles. The van der Waals surface area contributed by atoms with E-state index in [2.05, 4.69) is 20.5 Å². The third-order valence-electron chi connectivity index (χ3n) is 2.07. The molecule has 0 aliphatic heterocycles. The number of nitrogens with two attached hydrogens (primary N) is 2. The van der Waals surface area contributed by atoms with Gasteiger partial charge in [-0.25, -0.2) is 5.43 Å². The van der Waals surface area contributed by atoms with Crippen molar-refractivity contribution in [3.05, 3.63) is 35.9 Å². The molecular weight excluding hydrogens is 232 g/mol. The van der Waals surface area contributed by atoms with Crippen LogP contribution in [0.3, 0.4) is 0 Å². The van der Waals surface area contributed by atoms with Crippen LogP contribution in [0, 0.1) is 0 Å². The average molecular weight is 244 g/mol. The summed E-state index contributed by atoms with van der Waals surface area (Å²) in [5.74, 6) is 0.834. The number of hydrazone groups is 1. The Morgan fingerprint density at radius 3 is 2.50 bits per heavy atom. The molecule has 0 aliphatic rings. The second-order valence-corrected chi connectivity index (χ2v) is 3.47. The zero-order valence-electron chi connectivity index (χ0n) is 9.41. The van der Waals surface area contributed by atoms with Gasteiger partial charge in [0, 0.05) is 11.6 Å². The number of aromatic hydroxyl groups is 1. The van der Waals surface area contributed by atoms with Crippen molar-refractivity contribution in [1.82, 2.24) is 9.97 Å².